The van der Waals surface area contributed by atoms with Gasteiger partial charge in [0.05, 0.1) is 18.9 Å². The number of aliphatic hydroxyl groups is 2. The van der Waals surface area contributed by atoms with Crippen LogP contribution in [0.4, 0.5) is 5.69 Å². The summed E-state index contributed by atoms with van der Waals surface area (Å²) in [4.78, 5) is 30.0. The number of para-hydroxylation sites is 1. The number of carbonyl (C=O) groups excluding carboxylic acids is 2. The molecule has 144 valence electrons. The smallest absolute Gasteiger partial charge is 0.312 e. The molecule has 7 heteroatoms. The van der Waals surface area contributed by atoms with E-state index in [9.17, 15) is 19.8 Å². The molecule has 3 saturated heterocycles. The summed E-state index contributed by atoms with van der Waals surface area (Å²) in [6, 6.07) is 7.39. The van der Waals surface area contributed by atoms with Gasteiger partial charge >= 0.3 is 5.97 Å². The zero-order chi connectivity index (χ0) is 19.1. The number of anilines is 1. The fourth-order valence-corrected chi connectivity index (χ4v) is 6.40. The first-order chi connectivity index (χ1) is 12.9. The first-order valence-electron chi connectivity index (χ1n) is 9.53. The molecule has 2 unspecified atom stereocenters. The van der Waals surface area contributed by atoms with Crippen molar-refractivity contribution < 1.29 is 24.5 Å². The van der Waals surface area contributed by atoms with Crippen molar-refractivity contribution in [3.05, 3.63) is 29.8 Å². The van der Waals surface area contributed by atoms with Crippen LogP contribution in [-0.2, 0) is 19.9 Å². The summed E-state index contributed by atoms with van der Waals surface area (Å²) in [6.45, 7) is 2.80. The Hall–Kier alpha value is -1.96. The number of piperidine rings is 2. The van der Waals surface area contributed by atoms with E-state index in [2.05, 4.69) is 0 Å². The molecule has 2 bridgehead atoms. The van der Waals surface area contributed by atoms with Gasteiger partial charge in [0, 0.05) is 31.0 Å². The number of hydrogen-bond acceptors (Lipinski definition) is 6. The van der Waals surface area contributed by atoms with Crippen molar-refractivity contribution in [1.82, 2.24) is 4.90 Å². The van der Waals surface area contributed by atoms with Crippen LogP contribution in [0.2, 0.25) is 0 Å². The molecule has 4 aliphatic heterocycles. The zero-order valence-corrected chi connectivity index (χ0v) is 15.5. The number of hydrogen-bond donors (Lipinski definition) is 2. The number of fused-ring (bicyclic) bond motifs is 4. The van der Waals surface area contributed by atoms with Crippen molar-refractivity contribution in [3.8, 4) is 0 Å². The van der Waals surface area contributed by atoms with Gasteiger partial charge in [0.1, 0.15) is 17.2 Å². The molecule has 0 radical (unpaired) electrons. The first kappa shape index (κ1) is 17.2. The molecule has 0 aliphatic carbocycles. The second-order valence-corrected chi connectivity index (χ2v) is 8.30. The van der Waals surface area contributed by atoms with E-state index in [0.717, 1.165) is 0 Å². The van der Waals surface area contributed by atoms with Gasteiger partial charge in [-0.3, -0.25) is 19.4 Å². The summed E-state index contributed by atoms with van der Waals surface area (Å²) in [5.41, 5.74) is -1.13. The number of amides is 1. The lowest BCUT2D eigenvalue weighted by Crippen LogP contribution is -2.78. The Kier molecular flexibility index (Phi) is 3.37. The number of carbonyl (C=O) groups is 2. The van der Waals surface area contributed by atoms with Crippen molar-refractivity contribution in [2.24, 2.45) is 17.8 Å². The van der Waals surface area contributed by atoms with Gasteiger partial charge < -0.3 is 14.9 Å². The normalized spacial score (nSPS) is 40.5. The molecular formula is C20H24N2O5. The molecule has 7 nitrogen and oxygen atoms in total. The van der Waals surface area contributed by atoms with E-state index in [-0.39, 0.29) is 24.2 Å². The molecule has 2 N–H and O–H groups in total. The fraction of sp³-hybridized carbons (Fsp3) is 0.600. The number of aliphatic hydroxyl groups excluding tert-OH is 1. The average molecular weight is 372 g/mol. The molecule has 5 rings (SSSR count). The van der Waals surface area contributed by atoms with E-state index in [1.165, 1.54) is 7.11 Å². The molecule has 0 saturated carbocycles. The van der Waals surface area contributed by atoms with Gasteiger partial charge in [-0.2, -0.15) is 0 Å². The van der Waals surface area contributed by atoms with Crippen molar-refractivity contribution in [2.45, 2.75) is 37.1 Å². The topological polar surface area (TPSA) is 90.3 Å². The Balaban J connectivity index is 1.80. The summed E-state index contributed by atoms with van der Waals surface area (Å²) in [7, 11) is 1.34. The van der Waals surface area contributed by atoms with Gasteiger partial charge in [-0.05, 0) is 25.3 Å². The molecule has 3 fully saturated rings. The highest BCUT2D eigenvalue weighted by atomic mass is 16.5. The van der Waals surface area contributed by atoms with Gasteiger partial charge in [-0.15, -0.1) is 0 Å². The third-order valence-corrected chi connectivity index (χ3v) is 7.34. The van der Waals surface area contributed by atoms with Gasteiger partial charge in [-0.25, -0.2) is 0 Å². The molecule has 1 amide bonds. The highest BCUT2D eigenvalue weighted by molar-refractivity contribution is 6.02. The molecular weight excluding hydrogens is 348 g/mol. The van der Waals surface area contributed by atoms with E-state index in [0.29, 0.717) is 30.8 Å². The van der Waals surface area contributed by atoms with Crippen molar-refractivity contribution in [2.75, 3.05) is 25.1 Å². The highest BCUT2D eigenvalue weighted by Crippen LogP contribution is 2.66. The SMILES string of the molecule is COC(=O)C1[C@H]2CC(=O)N3c4ccccc4[C@]4(O)CCN(C[C@@H]2[C@@H](C)O)C134. The van der Waals surface area contributed by atoms with E-state index in [1.807, 2.05) is 29.2 Å². The average Bonchev–Trinajstić information content (AvgIpc) is 3.04. The van der Waals surface area contributed by atoms with Crippen LogP contribution in [0.5, 0.6) is 0 Å². The first-order valence-corrected chi connectivity index (χ1v) is 9.53. The summed E-state index contributed by atoms with van der Waals surface area (Å²) < 4.78 is 5.16. The lowest BCUT2D eigenvalue weighted by Gasteiger charge is -2.61. The number of methoxy groups -OCH3 is 1. The third kappa shape index (κ3) is 1.74. The lowest BCUT2D eigenvalue weighted by molar-refractivity contribution is -0.194. The fourth-order valence-electron chi connectivity index (χ4n) is 6.40. The van der Waals surface area contributed by atoms with Crippen LogP contribution in [0, 0.1) is 17.8 Å². The maximum atomic E-state index is 13.3. The molecule has 1 aromatic rings. The lowest BCUT2D eigenvalue weighted by atomic mass is 9.61. The highest BCUT2D eigenvalue weighted by Gasteiger charge is 2.78. The van der Waals surface area contributed by atoms with E-state index in [1.54, 1.807) is 11.8 Å². The maximum Gasteiger partial charge on any atom is 0.312 e. The Morgan fingerprint density at radius 2 is 2.11 bits per heavy atom. The third-order valence-electron chi connectivity index (χ3n) is 7.34. The predicted octanol–water partition coefficient (Wildman–Crippen LogP) is 0.443. The minimum atomic E-state index is -1.33. The maximum absolute atomic E-state index is 13.3. The second kappa shape index (κ2) is 5.31. The second-order valence-electron chi connectivity index (χ2n) is 8.30. The van der Waals surface area contributed by atoms with Crippen LogP contribution in [0.1, 0.15) is 25.3 Å². The number of rotatable bonds is 2. The number of esters is 1. The number of nitrogens with zero attached hydrogens (tertiary/aromatic N) is 2. The van der Waals surface area contributed by atoms with Crippen molar-refractivity contribution in [3.63, 3.8) is 0 Å². The summed E-state index contributed by atoms with van der Waals surface area (Å²) in [5, 5.41) is 22.3. The Labute approximate surface area is 157 Å². The number of ether oxygens (including phenoxy) is 1. The molecule has 1 spiro atoms. The van der Waals surface area contributed by atoms with Crippen LogP contribution in [0.3, 0.4) is 0 Å². The van der Waals surface area contributed by atoms with Crippen LogP contribution in [0.25, 0.3) is 0 Å². The standard InChI is InChI=1S/C20H24N2O5/c1-11(23)13-10-21-8-7-19(26)14-5-3-4-6-15(14)22-16(24)9-12(13)17(18(25)27-2)20(19,21)22/h3-6,11-13,17,23,26H,7-10H2,1-2H3/t11-,12+,13-,17?,19-,20?/m1/s1. The Morgan fingerprint density at radius 3 is 2.81 bits per heavy atom. The van der Waals surface area contributed by atoms with Crippen LogP contribution in [-0.4, -0.2) is 59.0 Å². The van der Waals surface area contributed by atoms with Gasteiger partial charge in [0.25, 0.3) is 0 Å². The largest absolute Gasteiger partial charge is 0.469 e. The van der Waals surface area contributed by atoms with Gasteiger partial charge in [0.2, 0.25) is 5.91 Å². The molecule has 0 aromatic heterocycles. The Morgan fingerprint density at radius 1 is 1.37 bits per heavy atom. The molecule has 4 aliphatic rings. The van der Waals surface area contributed by atoms with Crippen molar-refractivity contribution >= 4 is 17.6 Å². The minimum Gasteiger partial charge on any atom is -0.469 e. The Bertz CT molecular complexity index is 841. The monoisotopic (exact) mass is 372 g/mol. The molecule has 4 heterocycles. The summed E-state index contributed by atoms with van der Waals surface area (Å²) >= 11 is 0. The van der Waals surface area contributed by atoms with E-state index < -0.39 is 29.3 Å². The van der Waals surface area contributed by atoms with Crippen LogP contribution < -0.4 is 4.90 Å². The van der Waals surface area contributed by atoms with Crippen LogP contribution in [0.15, 0.2) is 24.3 Å². The number of benzene rings is 1. The summed E-state index contributed by atoms with van der Waals surface area (Å²) in [6.07, 6.45) is -0.0630. The quantitative estimate of drug-likeness (QED) is 0.733. The zero-order valence-electron chi connectivity index (χ0n) is 15.5. The van der Waals surface area contributed by atoms with Crippen LogP contribution >= 0.6 is 0 Å². The summed E-state index contributed by atoms with van der Waals surface area (Å²) in [5.74, 6) is -1.84. The molecule has 6 atom stereocenters. The predicted molar refractivity (Wildman–Crippen MR) is 95.5 cm³/mol. The van der Waals surface area contributed by atoms with E-state index in [4.69, 9.17) is 4.74 Å². The molecule has 1 aromatic carbocycles. The van der Waals surface area contributed by atoms with E-state index >= 15 is 0 Å². The molecule has 27 heavy (non-hydrogen) atoms. The van der Waals surface area contributed by atoms with Gasteiger partial charge in [0.15, 0.2) is 0 Å². The van der Waals surface area contributed by atoms with Crippen molar-refractivity contribution in [1.29, 1.82) is 0 Å². The minimum absolute atomic E-state index is 0.110. The van der Waals surface area contributed by atoms with Gasteiger partial charge in [-0.1, -0.05) is 18.2 Å².